The first kappa shape index (κ1) is 25.5. The van der Waals surface area contributed by atoms with E-state index >= 15 is 0 Å². The fourth-order valence-electron chi connectivity index (χ4n) is 3.56. The van der Waals surface area contributed by atoms with E-state index in [0.29, 0.717) is 45.7 Å². The smallest absolute Gasteiger partial charge is 0.252 e. The molecule has 1 heterocycles. The van der Waals surface area contributed by atoms with Crippen LogP contribution in [0.4, 0.5) is 9.52 Å². The first-order chi connectivity index (χ1) is 16.4. The van der Waals surface area contributed by atoms with Crippen molar-refractivity contribution in [3.8, 4) is 17.2 Å². The van der Waals surface area contributed by atoms with E-state index < -0.39 is 5.82 Å². The van der Waals surface area contributed by atoms with E-state index in [0.717, 1.165) is 13.1 Å². The highest BCUT2D eigenvalue weighted by Gasteiger charge is 2.20. The first-order valence-corrected chi connectivity index (χ1v) is 11.8. The van der Waals surface area contributed by atoms with Gasteiger partial charge in [0.05, 0.1) is 26.0 Å². The van der Waals surface area contributed by atoms with Crippen molar-refractivity contribution >= 4 is 38.7 Å². The van der Waals surface area contributed by atoms with Gasteiger partial charge in [0.2, 0.25) is 5.75 Å². The third kappa shape index (κ3) is 5.66. The normalized spacial score (nSPS) is 11.4. The Bertz CT molecular complexity index is 1140. The van der Waals surface area contributed by atoms with Crippen molar-refractivity contribution in [1.82, 2.24) is 9.88 Å². The van der Waals surface area contributed by atoms with Gasteiger partial charge >= 0.3 is 0 Å². The predicted octanol–water partition coefficient (Wildman–Crippen LogP) is 4.85. The van der Waals surface area contributed by atoms with Crippen molar-refractivity contribution in [2.45, 2.75) is 13.8 Å². The van der Waals surface area contributed by atoms with E-state index in [1.54, 1.807) is 35.2 Å². The maximum atomic E-state index is 14.2. The van der Waals surface area contributed by atoms with Crippen molar-refractivity contribution in [2.24, 2.45) is 0 Å². The van der Waals surface area contributed by atoms with E-state index in [9.17, 15) is 9.18 Å². The Balaban J connectivity index is 1.93. The number of fused-ring (bicyclic) bond motifs is 1. The molecule has 3 aromatic rings. The topological polar surface area (TPSA) is 64.1 Å². The Morgan fingerprint density at radius 1 is 1.06 bits per heavy atom. The van der Waals surface area contributed by atoms with E-state index in [1.165, 1.54) is 44.8 Å². The molecule has 182 valence electrons. The highest BCUT2D eigenvalue weighted by molar-refractivity contribution is 7.22. The molecule has 0 spiro atoms. The lowest BCUT2D eigenvalue weighted by atomic mass is 10.1. The average Bonchev–Trinajstić information content (AvgIpc) is 3.29. The number of rotatable bonds is 11. The third-order valence-electron chi connectivity index (χ3n) is 5.50. The molecule has 0 saturated heterocycles. The van der Waals surface area contributed by atoms with Gasteiger partial charge in [0.15, 0.2) is 16.6 Å². The molecule has 0 atom stereocenters. The van der Waals surface area contributed by atoms with Gasteiger partial charge in [-0.05, 0) is 49.0 Å². The standard InChI is InChI=1S/C25H30FN3O4S/c1-6-28(7-2)13-14-29(25-27-23-18(26)9-8-10-21(23)34-25)22(30)12-11-17-15-19(31-3)24(33-5)20(16-17)32-4/h8-12,15-16H,6-7,13-14H2,1-5H3/b12-11+. The number of carbonyl (C=O) groups excluding carboxylic acids is 1. The number of carbonyl (C=O) groups is 1. The van der Waals surface area contributed by atoms with Crippen molar-refractivity contribution in [2.75, 3.05) is 52.4 Å². The van der Waals surface area contributed by atoms with E-state index in [4.69, 9.17) is 14.2 Å². The summed E-state index contributed by atoms with van der Waals surface area (Å²) in [7, 11) is 4.61. The zero-order valence-corrected chi connectivity index (χ0v) is 20.9. The molecule has 0 aliphatic rings. The molecule has 0 N–H and O–H groups in total. The number of anilines is 1. The van der Waals surface area contributed by atoms with Gasteiger partial charge in [-0.1, -0.05) is 31.3 Å². The van der Waals surface area contributed by atoms with Crippen LogP contribution in [-0.4, -0.2) is 63.3 Å². The number of halogens is 1. The molecule has 0 aliphatic heterocycles. The van der Waals surface area contributed by atoms with Crippen molar-refractivity contribution in [1.29, 1.82) is 0 Å². The van der Waals surface area contributed by atoms with Crippen LogP contribution >= 0.6 is 11.3 Å². The average molecular weight is 488 g/mol. The molecule has 9 heteroatoms. The van der Waals surface area contributed by atoms with Crippen LogP contribution in [0, 0.1) is 5.82 Å². The van der Waals surface area contributed by atoms with Crippen LogP contribution in [0.3, 0.4) is 0 Å². The fourth-order valence-corrected chi connectivity index (χ4v) is 4.57. The van der Waals surface area contributed by atoms with Crippen LogP contribution in [-0.2, 0) is 4.79 Å². The summed E-state index contributed by atoms with van der Waals surface area (Å²) in [6.45, 7) is 7.00. The number of benzene rings is 2. The number of ether oxygens (including phenoxy) is 3. The summed E-state index contributed by atoms with van der Waals surface area (Å²) in [5, 5.41) is 0.465. The SMILES string of the molecule is CCN(CC)CCN(C(=O)/C=C/c1cc(OC)c(OC)c(OC)c1)c1nc2c(F)cccc2s1. The summed E-state index contributed by atoms with van der Waals surface area (Å²) in [6, 6.07) is 8.35. The van der Waals surface area contributed by atoms with Gasteiger partial charge in [0.1, 0.15) is 11.3 Å². The minimum atomic E-state index is -0.399. The molecular weight excluding hydrogens is 457 g/mol. The van der Waals surface area contributed by atoms with Crippen LogP contribution in [0.5, 0.6) is 17.2 Å². The van der Waals surface area contributed by atoms with Crippen LogP contribution in [0.2, 0.25) is 0 Å². The molecule has 0 aliphatic carbocycles. The van der Waals surface area contributed by atoms with Crippen molar-refractivity contribution in [3.05, 3.63) is 47.8 Å². The number of aromatic nitrogens is 1. The lowest BCUT2D eigenvalue weighted by molar-refractivity contribution is -0.114. The lowest BCUT2D eigenvalue weighted by Gasteiger charge is -2.23. The molecule has 0 radical (unpaired) electrons. The Morgan fingerprint density at radius 2 is 1.74 bits per heavy atom. The summed E-state index contributed by atoms with van der Waals surface area (Å²) < 4.78 is 31.1. The fraction of sp³-hybridized carbons (Fsp3) is 0.360. The summed E-state index contributed by atoms with van der Waals surface area (Å²) in [5.41, 5.74) is 0.985. The van der Waals surface area contributed by atoms with Gasteiger partial charge in [-0.3, -0.25) is 9.69 Å². The van der Waals surface area contributed by atoms with E-state index in [1.807, 2.05) is 0 Å². The molecule has 0 bridgehead atoms. The Morgan fingerprint density at radius 3 is 2.29 bits per heavy atom. The number of hydrogen-bond donors (Lipinski definition) is 0. The van der Waals surface area contributed by atoms with Crippen LogP contribution < -0.4 is 19.1 Å². The monoisotopic (exact) mass is 487 g/mol. The molecular formula is C25H30FN3O4S. The molecule has 2 aromatic carbocycles. The number of thiazole rings is 1. The summed E-state index contributed by atoms with van der Waals surface area (Å²) in [6.07, 6.45) is 3.16. The highest BCUT2D eigenvalue weighted by Crippen LogP contribution is 2.38. The van der Waals surface area contributed by atoms with Crippen molar-refractivity contribution < 1.29 is 23.4 Å². The summed E-state index contributed by atoms with van der Waals surface area (Å²) in [4.78, 5) is 21.6. The van der Waals surface area contributed by atoms with Crippen LogP contribution in [0.1, 0.15) is 19.4 Å². The molecule has 1 aromatic heterocycles. The highest BCUT2D eigenvalue weighted by atomic mass is 32.1. The van der Waals surface area contributed by atoms with Gasteiger partial charge in [-0.25, -0.2) is 9.37 Å². The number of methoxy groups -OCH3 is 3. The van der Waals surface area contributed by atoms with Gasteiger partial charge in [0, 0.05) is 19.2 Å². The molecule has 0 unspecified atom stereocenters. The Hall–Kier alpha value is -3.17. The zero-order valence-electron chi connectivity index (χ0n) is 20.1. The minimum Gasteiger partial charge on any atom is -0.493 e. The number of para-hydroxylation sites is 1. The Kier molecular flexibility index (Phi) is 8.84. The Labute approximate surface area is 203 Å². The molecule has 1 amide bonds. The quantitative estimate of drug-likeness (QED) is 0.360. The van der Waals surface area contributed by atoms with Gasteiger partial charge < -0.3 is 19.1 Å². The number of likely N-dealkylation sites (N-methyl/N-ethyl adjacent to an activating group) is 1. The summed E-state index contributed by atoms with van der Waals surface area (Å²) >= 11 is 1.30. The zero-order chi connectivity index (χ0) is 24.7. The van der Waals surface area contributed by atoms with Crippen LogP contribution in [0.25, 0.3) is 16.3 Å². The molecule has 0 saturated carbocycles. The van der Waals surface area contributed by atoms with Crippen LogP contribution in [0.15, 0.2) is 36.4 Å². The second kappa shape index (κ2) is 11.8. The second-order valence-electron chi connectivity index (χ2n) is 7.39. The maximum Gasteiger partial charge on any atom is 0.252 e. The number of nitrogens with zero attached hydrogens (tertiary/aromatic N) is 3. The largest absolute Gasteiger partial charge is 0.493 e. The van der Waals surface area contributed by atoms with Gasteiger partial charge in [-0.15, -0.1) is 0 Å². The molecule has 0 fully saturated rings. The second-order valence-corrected chi connectivity index (χ2v) is 8.40. The first-order valence-electron chi connectivity index (χ1n) is 11.0. The molecule has 3 rings (SSSR count). The van der Waals surface area contributed by atoms with E-state index in [-0.39, 0.29) is 11.4 Å². The minimum absolute atomic E-state index is 0.250. The predicted molar refractivity (Wildman–Crippen MR) is 135 cm³/mol. The molecule has 34 heavy (non-hydrogen) atoms. The number of amides is 1. The number of hydrogen-bond acceptors (Lipinski definition) is 7. The summed E-state index contributed by atoms with van der Waals surface area (Å²) in [5.74, 6) is 0.818. The van der Waals surface area contributed by atoms with Gasteiger partial charge in [-0.2, -0.15) is 0 Å². The lowest BCUT2D eigenvalue weighted by Crippen LogP contribution is -2.38. The van der Waals surface area contributed by atoms with Gasteiger partial charge in [0.25, 0.3) is 5.91 Å². The third-order valence-corrected chi connectivity index (χ3v) is 6.54. The molecule has 7 nitrogen and oxygen atoms in total. The maximum absolute atomic E-state index is 14.2. The van der Waals surface area contributed by atoms with E-state index in [2.05, 4.69) is 23.7 Å². The van der Waals surface area contributed by atoms with Crippen molar-refractivity contribution in [3.63, 3.8) is 0 Å².